The second-order valence-electron chi connectivity index (χ2n) is 5.88. The average Bonchev–Trinajstić information content (AvgIpc) is 2.70. The van der Waals surface area contributed by atoms with Crippen molar-refractivity contribution in [2.75, 3.05) is 10.0 Å². The summed E-state index contributed by atoms with van der Waals surface area (Å²) < 4.78 is 0. The van der Waals surface area contributed by atoms with Gasteiger partial charge in [0.2, 0.25) is 6.41 Å². The number of H-pyrrole nitrogens is 2. The van der Waals surface area contributed by atoms with Crippen LogP contribution in [0.25, 0.3) is 0 Å². The Labute approximate surface area is 159 Å². The van der Waals surface area contributed by atoms with Crippen molar-refractivity contribution >= 4 is 23.7 Å². The summed E-state index contributed by atoms with van der Waals surface area (Å²) in [6.07, 6.45) is 1.40. The zero-order valence-corrected chi connectivity index (χ0v) is 14.9. The summed E-state index contributed by atoms with van der Waals surface area (Å²) in [4.78, 5) is 52.2. The monoisotopic (exact) mass is 379 g/mol. The Bertz CT molecular complexity index is 1110. The summed E-state index contributed by atoms with van der Waals surface area (Å²) in [5, 5.41) is 1.94. The summed E-state index contributed by atoms with van der Waals surface area (Å²) in [7, 11) is 0. The molecule has 0 atom stereocenters. The molecule has 3 rings (SSSR count). The normalized spacial score (nSPS) is 10.3. The molecule has 0 aliphatic carbocycles. The van der Waals surface area contributed by atoms with E-state index in [2.05, 4.69) is 10.5 Å². The van der Waals surface area contributed by atoms with Gasteiger partial charge in [-0.2, -0.15) is 0 Å². The van der Waals surface area contributed by atoms with Crippen LogP contribution in [0, 0.1) is 6.92 Å². The van der Waals surface area contributed by atoms with Crippen LogP contribution in [0.1, 0.15) is 15.9 Å². The van der Waals surface area contributed by atoms with Crippen LogP contribution >= 0.6 is 0 Å². The maximum Gasteiger partial charge on any atom is 0.325 e. The number of amides is 2. The van der Waals surface area contributed by atoms with Crippen LogP contribution in [-0.2, 0) is 4.79 Å². The zero-order valence-electron chi connectivity index (χ0n) is 14.9. The van der Waals surface area contributed by atoms with Gasteiger partial charge in [0, 0.05) is 11.8 Å². The fourth-order valence-corrected chi connectivity index (χ4v) is 2.52. The zero-order chi connectivity index (χ0) is 20.1. The quantitative estimate of drug-likeness (QED) is 0.438. The molecule has 0 aliphatic heterocycles. The van der Waals surface area contributed by atoms with Crippen LogP contribution in [-0.4, -0.2) is 22.3 Å². The van der Waals surface area contributed by atoms with Crippen LogP contribution < -0.4 is 26.8 Å². The number of rotatable bonds is 6. The van der Waals surface area contributed by atoms with E-state index >= 15 is 0 Å². The minimum absolute atomic E-state index is 0.187. The van der Waals surface area contributed by atoms with Gasteiger partial charge in [-0.15, -0.1) is 5.53 Å². The molecule has 3 aromatic rings. The van der Waals surface area contributed by atoms with Gasteiger partial charge in [-0.05, 0) is 36.8 Å². The van der Waals surface area contributed by atoms with Crippen LogP contribution in [0.2, 0.25) is 0 Å². The Kier molecular flexibility index (Phi) is 5.47. The van der Waals surface area contributed by atoms with Gasteiger partial charge in [-0.25, -0.2) is 14.8 Å². The Morgan fingerprint density at radius 1 is 1.07 bits per heavy atom. The second kappa shape index (κ2) is 8.14. The molecule has 2 aromatic carbocycles. The number of benzene rings is 2. The molecular weight excluding hydrogens is 362 g/mol. The molecule has 1 heterocycles. The van der Waals surface area contributed by atoms with E-state index in [9.17, 15) is 19.2 Å². The van der Waals surface area contributed by atoms with Crippen molar-refractivity contribution in [3.63, 3.8) is 0 Å². The number of hydrogen-bond acceptors (Lipinski definition) is 5. The molecule has 28 heavy (non-hydrogen) atoms. The third-order valence-corrected chi connectivity index (χ3v) is 3.86. The summed E-state index contributed by atoms with van der Waals surface area (Å²) in [6.45, 7) is 1.86. The van der Waals surface area contributed by atoms with E-state index in [0.717, 1.165) is 21.8 Å². The smallest absolute Gasteiger partial charge is 0.312 e. The van der Waals surface area contributed by atoms with Crippen molar-refractivity contribution in [1.29, 1.82) is 0 Å². The highest BCUT2D eigenvalue weighted by molar-refractivity contribution is 6.05. The molecule has 0 aliphatic rings. The Morgan fingerprint density at radius 2 is 1.82 bits per heavy atom. The molecule has 0 spiro atoms. The highest BCUT2D eigenvalue weighted by atomic mass is 16.2. The minimum Gasteiger partial charge on any atom is -0.312 e. The first kappa shape index (κ1) is 18.8. The van der Waals surface area contributed by atoms with Crippen molar-refractivity contribution < 1.29 is 9.59 Å². The average molecular weight is 379 g/mol. The maximum absolute atomic E-state index is 13.1. The fourth-order valence-electron chi connectivity index (χ4n) is 2.52. The first-order valence-electron chi connectivity index (χ1n) is 8.28. The number of nitrogens with one attached hydrogen (secondary N) is 3. The highest BCUT2D eigenvalue weighted by Crippen LogP contribution is 2.18. The van der Waals surface area contributed by atoms with E-state index in [-0.39, 0.29) is 5.69 Å². The molecule has 2 amide bonds. The van der Waals surface area contributed by atoms with Gasteiger partial charge in [0.15, 0.2) is 0 Å². The van der Waals surface area contributed by atoms with E-state index in [0.29, 0.717) is 17.7 Å². The molecule has 3 N–H and O–H groups in total. The van der Waals surface area contributed by atoms with Crippen LogP contribution in [0.15, 0.2) is 70.4 Å². The standard InChI is InChI=1S/C19H17N5O4/c1-13-6-5-9-15(10-13)24(18(27)14-7-3-2-4-8-14)22-23(12-25)16-11-20-19(28)21-17(16)26/h2-12,22H,1H3,(H2,20,21,26,28). The number of nitrogens with zero attached hydrogens (tertiary/aromatic N) is 2. The predicted molar refractivity (Wildman–Crippen MR) is 104 cm³/mol. The number of carbonyl (C=O) groups is 2. The van der Waals surface area contributed by atoms with Crippen molar-refractivity contribution in [2.24, 2.45) is 0 Å². The Morgan fingerprint density at radius 3 is 2.46 bits per heavy atom. The van der Waals surface area contributed by atoms with Gasteiger partial charge in [-0.1, -0.05) is 30.3 Å². The van der Waals surface area contributed by atoms with E-state index < -0.39 is 17.2 Å². The molecule has 0 unspecified atom stereocenters. The van der Waals surface area contributed by atoms with Crippen molar-refractivity contribution in [3.8, 4) is 0 Å². The van der Waals surface area contributed by atoms with Crippen LogP contribution in [0.4, 0.5) is 11.4 Å². The van der Waals surface area contributed by atoms with E-state index in [1.54, 1.807) is 48.5 Å². The highest BCUT2D eigenvalue weighted by Gasteiger charge is 2.22. The summed E-state index contributed by atoms with van der Waals surface area (Å²) >= 11 is 0. The van der Waals surface area contributed by atoms with Gasteiger partial charge < -0.3 is 4.98 Å². The minimum atomic E-state index is -0.792. The molecule has 142 valence electrons. The van der Waals surface area contributed by atoms with Crippen molar-refractivity contribution in [3.05, 3.63) is 92.8 Å². The molecule has 9 heteroatoms. The molecule has 0 saturated heterocycles. The Hall–Kier alpha value is -3.98. The molecule has 0 fully saturated rings. The van der Waals surface area contributed by atoms with Crippen molar-refractivity contribution in [1.82, 2.24) is 15.5 Å². The molecule has 9 nitrogen and oxygen atoms in total. The fraction of sp³-hybridized carbons (Fsp3) is 0.0526. The maximum atomic E-state index is 13.1. The van der Waals surface area contributed by atoms with Gasteiger partial charge >= 0.3 is 5.69 Å². The number of aromatic nitrogens is 2. The molecule has 0 bridgehead atoms. The van der Waals surface area contributed by atoms with Gasteiger partial charge in [-0.3, -0.25) is 19.4 Å². The number of anilines is 2. The summed E-state index contributed by atoms with van der Waals surface area (Å²) in [5.41, 5.74) is 2.66. The predicted octanol–water partition coefficient (Wildman–Crippen LogP) is 1.10. The van der Waals surface area contributed by atoms with Crippen molar-refractivity contribution in [2.45, 2.75) is 6.92 Å². The van der Waals surface area contributed by atoms with Gasteiger partial charge in [0.05, 0.1) is 5.69 Å². The topological polar surface area (TPSA) is 118 Å². The van der Waals surface area contributed by atoms with Crippen LogP contribution in [0.5, 0.6) is 0 Å². The Balaban J connectivity index is 2.03. The molecule has 0 saturated carbocycles. The van der Waals surface area contributed by atoms with Gasteiger partial charge in [0.25, 0.3) is 11.5 Å². The number of aromatic amines is 2. The third kappa shape index (κ3) is 4.05. The van der Waals surface area contributed by atoms with Crippen LogP contribution in [0.3, 0.4) is 0 Å². The first-order valence-corrected chi connectivity index (χ1v) is 8.28. The summed E-state index contributed by atoms with van der Waals surface area (Å²) in [5.74, 6) is -0.445. The van der Waals surface area contributed by atoms with E-state index in [1.165, 1.54) is 0 Å². The van der Waals surface area contributed by atoms with E-state index in [1.807, 2.05) is 18.0 Å². The molecular formula is C19H17N5O4. The second-order valence-corrected chi connectivity index (χ2v) is 5.88. The SMILES string of the molecule is Cc1cccc(N(NN(C=O)c2c[nH]c(=O)[nH]c2=O)C(=O)c2ccccc2)c1. The number of aryl methyl sites for hydroxylation is 1. The molecule has 1 aromatic heterocycles. The lowest BCUT2D eigenvalue weighted by molar-refractivity contribution is -0.108. The first-order chi connectivity index (χ1) is 13.5. The summed E-state index contributed by atoms with van der Waals surface area (Å²) in [6, 6.07) is 15.5. The number of hydrogen-bond donors (Lipinski definition) is 3. The largest absolute Gasteiger partial charge is 0.325 e. The van der Waals surface area contributed by atoms with E-state index in [4.69, 9.17) is 0 Å². The number of carbonyl (C=O) groups excluding carboxylic acids is 2. The molecule has 0 radical (unpaired) electrons. The number of hydrazine groups is 2. The lowest BCUT2D eigenvalue weighted by atomic mass is 10.2. The lowest BCUT2D eigenvalue weighted by Crippen LogP contribution is -2.54. The van der Waals surface area contributed by atoms with Gasteiger partial charge in [0.1, 0.15) is 5.69 Å². The lowest BCUT2D eigenvalue weighted by Gasteiger charge is -2.28. The third-order valence-electron chi connectivity index (χ3n) is 3.86.